The lowest BCUT2D eigenvalue weighted by molar-refractivity contribution is -0.135. The predicted octanol–water partition coefficient (Wildman–Crippen LogP) is 0.912. The molecule has 4 nitrogen and oxygen atoms in total. The number of carbonyl (C=O) groups is 1. The highest BCUT2D eigenvalue weighted by atomic mass is 16.2. The molecular weight excluding hydrogens is 214 g/mol. The van der Waals surface area contributed by atoms with Gasteiger partial charge in [0.1, 0.15) is 0 Å². The third-order valence-corrected chi connectivity index (χ3v) is 3.40. The third-order valence-electron chi connectivity index (χ3n) is 3.40. The third kappa shape index (κ3) is 4.28. The van der Waals surface area contributed by atoms with E-state index in [1.807, 2.05) is 4.90 Å². The average Bonchev–Trinajstić information content (AvgIpc) is 2.27. The molecule has 0 aromatic heterocycles. The van der Waals surface area contributed by atoms with Crippen molar-refractivity contribution < 1.29 is 4.79 Å². The summed E-state index contributed by atoms with van der Waals surface area (Å²) in [6.45, 7) is 12.2. The minimum absolute atomic E-state index is 0.127. The monoisotopic (exact) mass is 241 g/mol. The van der Waals surface area contributed by atoms with Crippen LogP contribution in [0.5, 0.6) is 0 Å². The minimum atomic E-state index is -0.319. The van der Waals surface area contributed by atoms with Crippen molar-refractivity contribution in [2.24, 2.45) is 11.7 Å². The Hall–Kier alpha value is -0.610. The molecule has 0 radical (unpaired) electrons. The first-order valence-electron chi connectivity index (χ1n) is 6.70. The maximum atomic E-state index is 12.1. The van der Waals surface area contributed by atoms with E-state index in [-0.39, 0.29) is 11.9 Å². The SMILES string of the molecule is CC(C)C[C@H](N)C(=O)N1CCN(C(C)C)CC1. The zero-order chi connectivity index (χ0) is 13.0. The van der Waals surface area contributed by atoms with E-state index in [1.54, 1.807) is 0 Å². The molecule has 1 atom stereocenters. The molecule has 0 aliphatic carbocycles. The van der Waals surface area contributed by atoms with E-state index in [9.17, 15) is 4.79 Å². The number of nitrogens with zero attached hydrogens (tertiary/aromatic N) is 2. The van der Waals surface area contributed by atoms with Gasteiger partial charge in [-0.1, -0.05) is 13.8 Å². The number of hydrogen-bond acceptors (Lipinski definition) is 3. The van der Waals surface area contributed by atoms with E-state index in [4.69, 9.17) is 5.73 Å². The lowest BCUT2D eigenvalue weighted by atomic mass is 10.0. The molecule has 4 heteroatoms. The Morgan fingerprint density at radius 1 is 1.12 bits per heavy atom. The van der Waals surface area contributed by atoms with Gasteiger partial charge in [0.05, 0.1) is 6.04 Å². The van der Waals surface area contributed by atoms with Gasteiger partial charge in [-0.15, -0.1) is 0 Å². The normalized spacial score (nSPS) is 20.1. The van der Waals surface area contributed by atoms with Crippen molar-refractivity contribution in [2.45, 2.75) is 46.2 Å². The van der Waals surface area contributed by atoms with E-state index in [0.717, 1.165) is 32.6 Å². The molecule has 1 saturated heterocycles. The summed E-state index contributed by atoms with van der Waals surface area (Å²) < 4.78 is 0. The van der Waals surface area contributed by atoms with Gasteiger partial charge >= 0.3 is 0 Å². The highest BCUT2D eigenvalue weighted by Gasteiger charge is 2.26. The largest absolute Gasteiger partial charge is 0.339 e. The second-order valence-electron chi connectivity index (χ2n) is 5.69. The van der Waals surface area contributed by atoms with E-state index in [1.165, 1.54) is 0 Å². The van der Waals surface area contributed by atoms with Crippen molar-refractivity contribution in [1.29, 1.82) is 0 Å². The molecule has 1 aliphatic heterocycles. The van der Waals surface area contributed by atoms with Crippen LogP contribution < -0.4 is 5.73 Å². The van der Waals surface area contributed by atoms with Crippen LogP contribution in [-0.2, 0) is 4.79 Å². The van der Waals surface area contributed by atoms with Crippen molar-refractivity contribution in [2.75, 3.05) is 26.2 Å². The number of piperazine rings is 1. The standard InChI is InChI=1S/C13H27N3O/c1-10(2)9-12(14)13(17)16-7-5-15(6-8-16)11(3)4/h10-12H,5-9,14H2,1-4H3/t12-/m0/s1. The highest BCUT2D eigenvalue weighted by molar-refractivity contribution is 5.81. The topological polar surface area (TPSA) is 49.6 Å². The second-order valence-corrected chi connectivity index (χ2v) is 5.69. The molecule has 0 saturated carbocycles. The first-order chi connectivity index (χ1) is 7.91. The summed E-state index contributed by atoms with van der Waals surface area (Å²) in [7, 11) is 0. The summed E-state index contributed by atoms with van der Waals surface area (Å²) in [6, 6.07) is 0.247. The summed E-state index contributed by atoms with van der Waals surface area (Å²) in [6.07, 6.45) is 0.781. The fraction of sp³-hybridized carbons (Fsp3) is 0.923. The summed E-state index contributed by atoms with van der Waals surface area (Å²) in [4.78, 5) is 16.4. The van der Waals surface area contributed by atoms with Crippen LogP contribution in [0.4, 0.5) is 0 Å². The molecule has 17 heavy (non-hydrogen) atoms. The van der Waals surface area contributed by atoms with Crippen LogP contribution in [0.15, 0.2) is 0 Å². The zero-order valence-electron chi connectivity index (χ0n) is 11.6. The van der Waals surface area contributed by atoms with Crippen molar-refractivity contribution in [3.8, 4) is 0 Å². The first kappa shape index (κ1) is 14.5. The van der Waals surface area contributed by atoms with E-state index in [2.05, 4.69) is 32.6 Å². The van der Waals surface area contributed by atoms with Crippen LogP contribution in [0.2, 0.25) is 0 Å². The molecule has 0 unspecified atom stereocenters. The molecule has 0 bridgehead atoms. The van der Waals surface area contributed by atoms with Gasteiger partial charge in [-0.2, -0.15) is 0 Å². The Bertz CT molecular complexity index is 245. The van der Waals surface area contributed by atoms with Crippen molar-refractivity contribution in [3.63, 3.8) is 0 Å². The molecule has 0 aromatic carbocycles. The smallest absolute Gasteiger partial charge is 0.239 e. The predicted molar refractivity (Wildman–Crippen MR) is 70.7 cm³/mol. The zero-order valence-corrected chi connectivity index (χ0v) is 11.6. The average molecular weight is 241 g/mol. The summed E-state index contributed by atoms with van der Waals surface area (Å²) >= 11 is 0. The molecule has 1 heterocycles. The highest BCUT2D eigenvalue weighted by Crippen LogP contribution is 2.10. The van der Waals surface area contributed by atoms with Gasteiger partial charge < -0.3 is 10.6 Å². The van der Waals surface area contributed by atoms with Crippen LogP contribution in [0, 0.1) is 5.92 Å². The molecular formula is C13H27N3O. The number of amides is 1. The molecule has 0 aromatic rings. The van der Waals surface area contributed by atoms with E-state index >= 15 is 0 Å². The number of carbonyl (C=O) groups excluding carboxylic acids is 1. The van der Waals surface area contributed by atoms with Gasteiger partial charge in [-0.25, -0.2) is 0 Å². The van der Waals surface area contributed by atoms with Crippen LogP contribution in [0.1, 0.15) is 34.1 Å². The number of rotatable bonds is 4. The number of nitrogens with two attached hydrogens (primary N) is 1. The van der Waals surface area contributed by atoms with Gasteiger partial charge in [0, 0.05) is 32.2 Å². The Morgan fingerprint density at radius 2 is 1.65 bits per heavy atom. The van der Waals surface area contributed by atoms with Crippen molar-refractivity contribution >= 4 is 5.91 Å². The van der Waals surface area contributed by atoms with Crippen LogP contribution in [0.25, 0.3) is 0 Å². The van der Waals surface area contributed by atoms with E-state index < -0.39 is 0 Å². The Kier molecular flexibility index (Phi) is 5.40. The van der Waals surface area contributed by atoms with Crippen LogP contribution >= 0.6 is 0 Å². The van der Waals surface area contributed by atoms with Gasteiger partial charge in [-0.05, 0) is 26.2 Å². The lowest BCUT2D eigenvalue weighted by Crippen LogP contribution is -2.54. The minimum Gasteiger partial charge on any atom is -0.339 e. The molecule has 0 spiro atoms. The van der Waals surface area contributed by atoms with Crippen LogP contribution in [0.3, 0.4) is 0 Å². The Labute approximate surface area is 105 Å². The summed E-state index contributed by atoms with van der Waals surface area (Å²) in [5.74, 6) is 0.605. The Balaban J connectivity index is 2.40. The van der Waals surface area contributed by atoms with Gasteiger partial charge in [-0.3, -0.25) is 9.69 Å². The second kappa shape index (κ2) is 6.36. The molecule has 1 fully saturated rings. The van der Waals surface area contributed by atoms with E-state index in [0.29, 0.717) is 12.0 Å². The summed E-state index contributed by atoms with van der Waals surface area (Å²) in [5, 5.41) is 0. The number of hydrogen-bond donors (Lipinski definition) is 1. The molecule has 1 amide bonds. The molecule has 100 valence electrons. The van der Waals surface area contributed by atoms with Gasteiger partial charge in [0.15, 0.2) is 0 Å². The van der Waals surface area contributed by atoms with Crippen molar-refractivity contribution in [1.82, 2.24) is 9.80 Å². The van der Waals surface area contributed by atoms with Gasteiger partial charge in [0.2, 0.25) is 5.91 Å². The Morgan fingerprint density at radius 3 is 2.06 bits per heavy atom. The van der Waals surface area contributed by atoms with Crippen LogP contribution in [-0.4, -0.2) is 54.0 Å². The maximum absolute atomic E-state index is 12.1. The molecule has 1 aliphatic rings. The van der Waals surface area contributed by atoms with Crippen molar-refractivity contribution in [3.05, 3.63) is 0 Å². The lowest BCUT2D eigenvalue weighted by Gasteiger charge is -2.38. The quantitative estimate of drug-likeness (QED) is 0.796. The fourth-order valence-electron chi connectivity index (χ4n) is 2.30. The summed E-state index contributed by atoms with van der Waals surface area (Å²) in [5.41, 5.74) is 5.94. The first-order valence-corrected chi connectivity index (χ1v) is 6.70. The molecule has 2 N–H and O–H groups in total. The molecule has 1 rings (SSSR count). The van der Waals surface area contributed by atoms with Gasteiger partial charge in [0.25, 0.3) is 0 Å². The maximum Gasteiger partial charge on any atom is 0.239 e. The fourth-order valence-corrected chi connectivity index (χ4v) is 2.30.